The van der Waals surface area contributed by atoms with Crippen LogP contribution in [-0.4, -0.2) is 4.57 Å². The molecule has 2 aromatic rings. The predicted octanol–water partition coefficient (Wildman–Crippen LogP) is 1.87. The Balaban J connectivity index is 2.79. The van der Waals surface area contributed by atoms with Gasteiger partial charge >= 0.3 is 0 Å². The van der Waals surface area contributed by atoms with Crippen LogP contribution in [0.1, 0.15) is 5.69 Å². The molecule has 0 saturated carbocycles. The van der Waals surface area contributed by atoms with E-state index in [1.807, 2.05) is 0 Å². The number of nitrogens with two attached hydrogens (primary N) is 1. The largest absolute Gasteiger partial charge is 0.394 e. The summed E-state index contributed by atoms with van der Waals surface area (Å²) in [6.45, 7) is 1.73. The molecule has 0 unspecified atom stereocenters. The van der Waals surface area contributed by atoms with Crippen molar-refractivity contribution < 1.29 is 4.39 Å². The van der Waals surface area contributed by atoms with Gasteiger partial charge in [0, 0.05) is 5.69 Å². The van der Waals surface area contributed by atoms with Gasteiger partial charge in [-0.15, -0.1) is 0 Å². The van der Waals surface area contributed by atoms with E-state index in [1.54, 1.807) is 31.2 Å². The Morgan fingerprint density at radius 3 is 2.56 bits per heavy atom. The normalized spacial score (nSPS) is 10.4. The van der Waals surface area contributed by atoms with Crippen molar-refractivity contribution in [3.63, 3.8) is 0 Å². The maximum absolute atomic E-state index is 13.6. The molecular weight excluding hydrogens is 207 g/mol. The monoisotopic (exact) mass is 218 g/mol. The molecule has 0 spiro atoms. The fraction of sp³-hybridized carbons (Fsp3) is 0.0833. The zero-order valence-electron chi connectivity index (χ0n) is 8.77. The summed E-state index contributed by atoms with van der Waals surface area (Å²) in [6, 6.07) is 9.31. The van der Waals surface area contributed by atoms with Gasteiger partial charge in [0.1, 0.15) is 5.82 Å². The number of rotatable bonds is 1. The number of nitrogen functional groups attached to an aromatic ring is 1. The van der Waals surface area contributed by atoms with Crippen LogP contribution in [0, 0.1) is 12.7 Å². The van der Waals surface area contributed by atoms with Crippen molar-refractivity contribution in [3.8, 4) is 5.69 Å². The number of benzene rings is 1. The molecule has 82 valence electrons. The van der Waals surface area contributed by atoms with Crippen LogP contribution in [0.3, 0.4) is 0 Å². The fourth-order valence-electron chi connectivity index (χ4n) is 1.58. The van der Waals surface area contributed by atoms with Gasteiger partial charge in [0.15, 0.2) is 0 Å². The first-order valence-corrected chi connectivity index (χ1v) is 4.84. The van der Waals surface area contributed by atoms with Gasteiger partial charge in [-0.2, -0.15) is 0 Å². The summed E-state index contributed by atoms with van der Waals surface area (Å²) < 4.78 is 14.8. The number of para-hydroxylation sites is 1. The van der Waals surface area contributed by atoms with E-state index in [0.717, 1.165) is 0 Å². The van der Waals surface area contributed by atoms with Crippen molar-refractivity contribution in [1.82, 2.24) is 4.57 Å². The van der Waals surface area contributed by atoms with Gasteiger partial charge in [-0.3, -0.25) is 9.36 Å². The van der Waals surface area contributed by atoms with Crippen molar-refractivity contribution >= 4 is 5.69 Å². The Morgan fingerprint density at radius 2 is 1.88 bits per heavy atom. The van der Waals surface area contributed by atoms with E-state index in [-0.39, 0.29) is 11.4 Å². The molecule has 0 fully saturated rings. The molecule has 4 heteroatoms. The van der Waals surface area contributed by atoms with Crippen LogP contribution in [-0.2, 0) is 0 Å². The Hall–Kier alpha value is -2.10. The Morgan fingerprint density at radius 1 is 1.19 bits per heavy atom. The average Bonchev–Trinajstić information content (AvgIpc) is 2.27. The molecule has 1 heterocycles. The molecule has 0 atom stereocenters. The minimum Gasteiger partial charge on any atom is -0.394 e. The van der Waals surface area contributed by atoms with E-state index in [2.05, 4.69) is 0 Å². The summed E-state index contributed by atoms with van der Waals surface area (Å²) in [5, 5.41) is 0. The van der Waals surface area contributed by atoms with Crippen LogP contribution in [0.2, 0.25) is 0 Å². The Labute approximate surface area is 92.0 Å². The number of aryl methyl sites for hydroxylation is 1. The molecule has 16 heavy (non-hydrogen) atoms. The minimum atomic E-state index is -0.446. The lowest BCUT2D eigenvalue weighted by molar-refractivity contribution is 0.614. The summed E-state index contributed by atoms with van der Waals surface area (Å²) in [5.74, 6) is -0.446. The lowest BCUT2D eigenvalue weighted by atomic mass is 10.2. The van der Waals surface area contributed by atoms with Crippen molar-refractivity contribution in [1.29, 1.82) is 0 Å². The van der Waals surface area contributed by atoms with E-state index >= 15 is 0 Å². The summed E-state index contributed by atoms with van der Waals surface area (Å²) in [6.07, 6.45) is 0. The van der Waals surface area contributed by atoms with Crippen molar-refractivity contribution in [2.75, 3.05) is 5.73 Å². The molecule has 0 aliphatic rings. The maximum atomic E-state index is 13.6. The van der Waals surface area contributed by atoms with Crippen LogP contribution < -0.4 is 11.3 Å². The number of aromatic nitrogens is 1. The first-order valence-electron chi connectivity index (χ1n) is 4.84. The zero-order chi connectivity index (χ0) is 11.7. The fourth-order valence-corrected chi connectivity index (χ4v) is 1.58. The highest BCUT2D eigenvalue weighted by Crippen LogP contribution is 2.13. The molecule has 0 saturated heterocycles. The highest BCUT2D eigenvalue weighted by Gasteiger charge is 2.09. The second-order valence-corrected chi connectivity index (χ2v) is 3.52. The van der Waals surface area contributed by atoms with Crippen molar-refractivity contribution in [3.05, 3.63) is 58.3 Å². The summed E-state index contributed by atoms with van der Waals surface area (Å²) >= 11 is 0. The third-order valence-corrected chi connectivity index (χ3v) is 2.40. The molecule has 3 nitrogen and oxygen atoms in total. The van der Waals surface area contributed by atoms with Crippen molar-refractivity contribution in [2.24, 2.45) is 0 Å². The molecule has 0 aliphatic carbocycles. The smallest absolute Gasteiger partial charge is 0.278 e. The van der Waals surface area contributed by atoms with Crippen LogP contribution in [0.5, 0.6) is 0 Å². The van der Waals surface area contributed by atoms with E-state index in [0.29, 0.717) is 5.69 Å². The minimum absolute atomic E-state index is 0.105. The van der Waals surface area contributed by atoms with Gasteiger partial charge in [0.2, 0.25) is 0 Å². The third-order valence-electron chi connectivity index (χ3n) is 2.40. The van der Waals surface area contributed by atoms with Crippen LogP contribution in [0.15, 0.2) is 41.2 Å². The van der Waals surface area contributed by atoms with E-state index in [1.165, 1.54) is 16.7 Å². The lowest BCUT2D eigenvalue weighted by Crippen LogP contribution is -2.23. The molecule has 0 bridgehead atoms. The molecule has 2 N–H and O–H groups in total. The quantitative estimate of drug-likeness (QED) is 0.794. The number of pyridine rings is 1. The van der Waals surface area contributed by atoms with E-state index in [9.17, 15) is 9.18 Å². The Kier molecular flexibility index (Phi) is 2.48. The van der Waals surface area contributed by atoms with Crippen LogP contribution in [0.25, 0.3) is 5.69 Å². The summed E-state index contributed by atoms with van der Waals surface area (Å²) in [5.41, 5.74) is 6.09. The number of halogens is 1. The SMILES string of the molecule is Cc1ccc(N)c(=O)n1-c1ccccc1F. The first-order chi connectivity index (χ1) is 7.61. The standard InChI is InChI=1S/C12H11FN2O/c1-8-6-7-10(14)12(16)15(8)11-5-3-2-4-9(11)13/h2-7H,14H2,1H3. The predicted molar refractivity (Wildman–Crippen MR) is 61.1 cm³/mol. The second-order valence-electron chi connectivity index (χ2n) is 3.52. The molecule has 2 rings (SSSR count). The summed E-state index contributed by atoms with van der Waals surface area (Å²) in [4.78, 5) is 11.8. The maximum Gasteiger partial charge on any atom is 0.278 e. The van der Waals surface area contributed by atoms with Gasteiger partial charge < -0.3 is 5.73 Å². The van der Waals surface area contributed by atoms with Gasteiger partial charge in [0.05, 0.1) is 11.4 Å². The third kappa shape index (κ3) is 1.58. The van der Waals surface area contributed by atoms with Crippen LogP contribution >= 0.6 is 0 Å². The van der Waals surface area contributed by atoms with E-state index < -0.39 is 11.4 Å². The number of hydrogen-bond acceptors (Lipinski definition) is 2. The summed E-state index contributed by atoms with van der Waals surface area (Å²) in [7, 11) is 0. The molecule has 1 aromatic carbocycles. The Bertz CT molecular complexity index is 590. The average molecular weight is 218 g/mol. The molecule has 0 radical (unpaired) electrons. The van der Waals surface area contributed by atoms with Gasteiger partial charge in [-0.25, -0.2) is 4.39 Å². The second kappa shape index (κ2) is 3.81. The number of anilines is 1. The lowest BCUT2D eigenvalue weighted by Gasteiger charge is -2.11. The van der Waals surface area contributed by atoms with Gasteiger partial charge in [-0.1, -0.05) is 12.1 Å². The highest BCUT2D eigenvalue weighted by atomic mass is 19.1. The van der Waals surface area contributed by atoms with Gasteiger partial charge in [-0.05, 0) is 31.2 Å². The molecule has 0 aliphatic heterocycles. The van der Waals surface area contributed by atoms with Crippen molar-refractivity contribution in [2.45, 2.75) is 6.92 Å². The molecule has 1 aromatic heterocycles. The van der Waals surface area contributed by atoms with E-state index in [4.69, 9.17) is 5.73 Å². The molecule has 0 amide bonds. The topological polar surface area (TPSA) is 48.0 Å². The zero-order valence-corrected chi connectivity index (χ0v) is 8.77. The first kappa shape index (κ1) is 10.4. The van der Waals surface area contributed by atoms with Gasteiger partial charge in [0.25, 0.3) is 5.56 Å². The molecular formula is C12H11FN2O. The number of nitrogens with zero attached hydrogens (tertiary/aromatic N) is 1. The van der Waals surface area contributed by atoms with Crippen LogP contribution in [0.4, 0.5) is 10.1 Å². The highest BCUT2D eigenvalue weighted by molar-refractivity contribution is 5.43. The number of hydrogen-bond donors (Lipinski definition) is 1.